The first-order valence-electron chi connectivity index (χ1n) is 4.89. The van der Waals surface area contributed by atoms with Crippen molar-refractivity contribution < 1.29 is 4.74 Å². The molecule has 0 aliphatic carbocycles. The van der Waals surface area contributed by atoms with E-state index in [-0.39, 0.29) is 0 Å². The Morgan fingerprint density at radius 1 is 1.18 bits per heavy atom. The summed E-state index contributed by atoms with van der Waals surface area (Å²) < 4.78 is 5.56. The third-order valence-corrected chi connectivity index (χ3v) is 2.63. The highest BCUT2D eigenvalue weighted by molar-refractivity contribution is 7.98. The lowest BCUT2D eigenvalue weighted by Crippen LogP contribution is -1.96. The maximum atomic E-state index is 5.69. The largest absolute Gasteiger partial charge is 0.439 e. The summed E-state index contributed by atoms with van der Waals surface area (Å²) in [6.45, 7) is 0. The molecule has 1 aromatic carbocycles. The number of rotatable bonds is 3. The maximum absolute atomic E-state index is 5.69. The summed E-state index contributed by atoms with van der Waals surface area (Å²) in [4.78, 5) is 8.25. The fourth-order valence-electron chi connectivity index (χ4n) is 1.22. The molecule has 1 aromatic heterocycles. The number of anilines is 2. The fourth-order valence-corrected chi connectivity index (χ4v) is 1.56. The number of ether oxygens (including phenoxy) is 1. The van der Waals surface area contributed by atoms with Gasteiger partial charge in [-0.3, -0.25) is 0 Å². The van der Waals surface area contributed by atoms with Gasteiger partial charge in [0.25, 0.3) is 0 Å². The minimum atomic E-state index is 0.480. The molecule has 0 atom stereocenters. The highest BCUT2D eigenvalue weighted by Crippen LogP contribution is 2.25. The lowest BCUT2D eigenvalue weighted by Gasteiger charge is -2.07. The van der Waals surface area contributed by atoms with Gasteiger partial charge in [0, 0.05) is 18.3 Å². The molecule has 0 aliphatic rings. The Hall–Kier alpha value is -1.95. The van der Waals surface area contributed by atoms with Crippen LogP contribution >= 0.6 is 11.8 Å². The number of hydrogen-bond donors (Lipinski definition) is 2. The molecular formula is C11H12N4OS. The van der Waals surface area contributed by atoms with E-state index in [2.05, 4.69) is 9.97 Å². The molecule has 88 valence electrons. The third kappa shape index (κ3) is 2.79. The van der Waals surface area contributed by atoms with E-state index in [9.17, 15) is 0 Å². The average Bonchev–Trinajstić information content (AvgIpc) is 2.34. The lowest BCUT2D eigenvalue weighted by atomic mass is 10.2. The molecular weight excluding hydrogens is 236 g/mol. The van der Waals surface area contributed by atoms with Gasteiger partial charge in [0.2, 0.25) is 5.88 Å². The number of nitrogen functional groups attached to an aromatic ring is 2. The highest BCUT2D eigenvalue weighted by atomic mass is 32.2. The van der Waals surface area contributed by atoms with Gasteiger partial charge in [-0.15, -0.1) is 0 Å². The minimum absolute atomic E-state index is 0.480. The molecule has 0 amide bonds. The number of aromatic nitrogens is 2. The molecule has 0 aliphatic heterocycles. The molecule has 5 nitrogen and oxygen atoms in total. The number of thioether (sulfide) groups is 1. The molecule has 6 heteroatoms. The van der Waals surface area contributed by atoms with Gasteiger partial charge >= 0.3 is 0 Å². The summed E-state index contributed by atoms with van der Waals surface area (Å²) in [6, 6.07) is 6.79. The van der Waals surface area contributed by atoms with Gasteiger partial charge in [-0.1, -0.05) is 11.8 Å². The molecule has 0 spiro atoms. The summed E-state index contributed by atoms with van der Waals surface area (Å²) in [5, 5.41) is 0.658. The van der Waals surface area contributed by atoms with E-state index >= 15 is 0 Å². The van der Waals surface area contributed by atoms with E-state index in [1.54, 1.807) is 30.5 Å². The zero-order chi connectivity index (χ0) is 12.3. The van der Waals surface area contributed by atoms with E-state index < -0.39 is 0 Å². The van der Waals surface area contributed by atoms with Crippen LogP contribution in [0.1, 0.15) is 0 Å². The van der Waals surface area contributed by atoms with Gasteiger partial charge in [0.1, 0.15) is 5.75 Å². The number of hydrogen-bond acceptors (Lipinski definition) is 6. The van der Waals surface area contributed by atoms with Crippen molar-refractivity contribution in [1.29, 1.82) is 0 Å². The highest BCUT2D eigenvalue weighted by Gasteiger charge is 2.02. The van der Waals surface area contributed by atoms with Crippen molar-refractivity contribution >= 4 is 23.1 Å². The average molecular weight is 248 g/mol. The van der Waals surface area contributed by atoms with E-state index in [1.165, 1.54) is 11.8 Å². The van der Waals surface area contributed by atoms with Crippen molar-refractivity contribution in [3.8, 4) is 11.6 Å². The van der Waals surface area contributed by atoms with Crippen molar-refractivity contribution in [1.82, 2.24) is 9.97 Å². The second kappa shape index (κ2) is 4.92. The van der Waals surface area contributed by atoms with Gasteiger partial charge < -0.3 is 16.2 Å². The molecule has 2 aromatic rings. The molecule has 1 heterocycles. The molecule has 0 fully saturated rings. The molecule has 0 unspecified atom stereocenters. The molecule has 0 radical (unpaired) electrons. The number of nitrogens with two attached hydrogens (primary N) is 2. The quantitative estimate of drug-likeness (QED) is 0.491. The topological polar surface area (TPSA) is 87.0 Å². The summed E-state index contributed by atoms with van der Waals surface area (Å²) >= 11 is 1.45. The zero-order valence-corrected chi connectivity index (χ0v) is 10.1. The van der Waals surface area contributed by atoms with E-state index in [1.807, 2.05) is 6.26 Å². The number of nitrogens with zero attached hydrogens (tertiary/aromatic N) is 2. The van der Waals surface area contributed by atoms with Crippen LogP contribution in [0.3, 0.4) is 0 Å². The molecule has 17 heavy (non-hydrogen) atoms. The van der Waals surface area contributed by atoms with E-state index in [4.69, 9.17) is 16.2 Å². The van der Waals surface area contributed by atoms with Crippen LogP contribution < -0.4 is 16.2 Å². The van der Waals surface area contributed by atoms with Crippen molar-refractivity contribution in [3.05, 3.63) is 30.5 Å². The van der Waals surface area contributed by atoms with Crippen molar-refractivity contribution in [2.45, 2.75) is 5.16 Å². The molecule has 4 N–H and O–H groups in total. The van der Waals surface area contributed by atoms with Crippen LogP contribution in [0.2, 0.25) is 0 Å². The van der Waals surface area contributed by atoms with Crippen molar-refractivity contribution in [2.24, 2.45) is 0 Å². The summed E-state index contributed by atoms with van der Waals surface area (Å²) in [7, 11) is 0. The first-order chi connectivity index (χ1) is 8.19. The van der Waals surface area contributed by atoms with Crippen LogP contribution in [-0.4, -0.2) is 16.2 Å². The van der Waals surface area contributed by atoms with Crippen LogP contribution in [0, 0.1) is 0 Å². The Labute approximate surface area is 103 Å². The third-order valence-electron chi connectivity index (χ3n) is 2.07. The van der Waals surface area contributed by atoms with Crippen LogP contribution in [-0.2, 0) is 0 Å². The van der Waals surface area contributed by atoms with Gasteiger partial charge in [-0.05, 0) is 18.4 Å². The Kier molecular flexibility index (Phi) is 3.34. The van der Waals surface area contributed by atoms with Gasteiger partial charge in [0.05, 0.1) is 11.4 Å². The van der Waals surface area contributed by atoms with E-state index in [0.29, 0.717) is 28.2 Å². The predicted molar refractivity (Wildman–Crippen MR) is 69.2 cm³/mol. The fraction of sp³-hybridized carbons (Fsp3) is 0.0909. The first kappa shape index (κ1) is 11.5. The molecule has 0 bridgehead atoms. The van der Waals surface area contributed by atoms with Crippen LogP contribution in [0.4, 0.5) is 11.4 Å². The summed E-state index contributed by atoms with van der Waals surface area (Å²) in [6.07, 6.45) is 3.55. The Bertz CT molecular complexity index is 533. The Morgan fingerprint density at radius 2 is 2.00 bits per heavy atom. The molecule has 0 saturated heterocycles. The standard InChI is InChI=1S/C11H12N4OS/c1-17-11-14-5-4-10(15-11)16-7-2-3-8(12)9(13)6-7/h2-6H,12-13H2,1H3. The lowest BCUT2D eigenvalue weighted by molar-refractivity contribution is 0.456. The van der Waals surface area contributed by atoms with Crippen molar-refractivity contribution in [3.63, 3.8) is 0 Å². The summed E-state index contributed by atoms with van der Waals surface area (Å²) in [5.41, 5.74) is 12.3. The summed E-state index contributed by atoms with van der Waals surface area (Å²) in [5.74, 6) is 1.08. The van der Waals surface area contributed by atoms with Crippen molar-refractivity contribution in [2.75, 3.05) is 17.7 Å². The van der Waals surface area contributed by atoms with Gasteiger partial charge in [-0.25, -0.2) is 4.98 Å². The normalized spacial score (nSPS) is 10.2. The Balaban J connectivity index is 2.22. The van der Waals surface area contributed by atoms with Crippen LogP contribution in [0.25, 0.3) is 0 Å². The Morgan fingerprint density at radius 3 is 2.71 bits per heavy atom. The predicted octanol–water partition coefficient (Wildman–Crippen LogP) is 2.16. The monoisotopic (exact) mass is 248 g/mol. The number of benzene rings is 1. The van der Waals surface area contributed by atoms with Gasteiger partial charge in [0.15, 0.2) is 5.16 Å². The smallest absolute Gasteiger partial charge is 0.223 e. The van der Waals surface area contributed by atoms with E-state index in [0.717, 1.165) is 0 Å². The molecule has 2 rings (SSSR count). The second-order valence-electron chi connectivity index (χ2n) is 3.27. The van der Waals surface area contributed by atoms with Crippen LogP contribution in [0.5, 0.6) is 11.6 Å². The zero-order valence-electron chi connectivity index (χ0n) is 9.25. The second-order valence-corrected chi connectivity index (χ2v) is 4.05. The van der Waals surface area contributed by atoms with Gasteiger partial charge in [-0.2, -0.15) is 4.98 Å². The SMILES string of the molecule is CSc1nccc(Oc2ccc(N)c(N)c2)n1. The molecule has 0 saturated carbocycles. The first-order valence-corrected chi connectivity index (χ1v) is 6.11. The maximum Gasteiger partial charge on any atom is 0.223 e. The minimum Gasteiger partial charge on any atom is -0.439 e. The van der Waals surface area contributed by atoms with Crippen LogP contribution in [0.15, 0.2) is 35.6 Å².